The van der Waals surface area contributed by atoms with Gasteiger partial charge in [0.2, 0.25) is 5.95 Å². The number of hydrogen-bond donors (Lipinski definition) is 1. The van der Waals surface area contributed by atoms with Crippen LogP contribution in [0.15, 0.2) is 30.3 Å². The van der Waals surface area contributed by atoms with Gasteiger partial charge < -0.3 is 10.2 Å². The molecule has 1 N–H and O–H groups in total. The van der Waals surface area contributed by atoms with Gasteiger partial charge in [0.25, 0.3) is 0 Å². The van der Waals surface area contributed by atoms with E-state index in [0.29, 0.717) is 30.4 Å². The third-order valence-corrected chi connectivity index (χ3v) is 4.46. The van der Waals surface area contributed by atoms with Crippen LogP contribution in [0.4, 0.5) is 16.2 Å². The lowest BCUT2D eigenvalue weighted by Gasteiger charge is -2.32. The van der Waals surface area contributed by atoms with Gasteiger partial charge in [0.15, 0.2) is 0 Å². The first kappa shape index (κ1) is 16.7. The minimum absolute atomic E-state index is 0.160. The molecule has 1 aromatic carbocycles. The van der Waals surface area contributed by atoms with Crippen molar-refractivity contribution in [1.29, 1.82) is 0 Å². The smallest absolute Gasteiger partial charge is 0.224 e. The number of benzene rings is 1. The van der Waals surface area contributed by atoms with E-state index >= 15 is 0 Å². The zero-order chi connectivity index (χ0) is 16.9. The molecule has 5 heteroatoms. The fraction of sp³-hybridized carbons (Fsp3) is 0.474. The SMILES string of the molecule is Cc1cc(N2CCCC(C)C2)nc(NCCc2ccccc2F)n1. The third-order valence-electron chi connectivity index (χ3n) is 4.46. The molecule has 1 aliphatic heterocycles. The van der Waals surface area contributed by atoms with Gasteiger partial charge in [-0.15, -0.1) is 0 Å². The second-order valence-electron chi connectivity index (χ2n) is 6.65. The van der Waals surface area contributed by atoms with Gasteiger partial charge in [0, 0.05) is 31.4 Å². The summed E-state index contributed by atoms with van der Waals surface area (Å²) >= 11 is 0. The molecule has 2 aromatic rings. The van der Waals surface area contributed by atoms with Crippen LogP contribution in [-0.2, 0) is 6.42 Å². The number of nitrogens with zero attached hydrogens (tertiary/aromatic N) is 3. The highest BCUT2D eigenvalue weighted by molar-refractivity contribution is 5.45. The summed E-state index contributed by atoms with van der Waals surface area (Å²) in [6.07, 6.45) is 3.11. The summed E-state index contributed by atoms with van der Waals surface area (Å²) in [5, 5.41) is 3.24. The average Bonchev–Trinajstić information content (AvgIpc) is 2.56. The summed E-state index contributed by atoms with van der Waals surface area (Å²) in [4.78, 5) is 11.5. The summed E-state index contributed by atoms with van der Waals surface area (Å²) in [7, 11) is 0. The molecular formula is C19H25FN4. The molecule has 0 bridgehead atoms. The first-order valence-corrected chi connectivity index (χ1v) is 8.70. The van der Waals surface area contributed by atoms with E-state index in [2.05, 4.69) is 27.1 Å². The normalized spacial score (nSPS) is 17.8. The van der Waals surface area contributed by atoms with Crippen LogP contribution in [0, 0.1) is 18.7 Å². The molecule has 0 radical (unpaired) electrons. The number of anilines is 2. The Bertz CT molecular complexity index is 689. The fourth-order valence-electron chi connectivity index (χ4n) is 3.20. The maximum atomic E-state index is 13.7. The van der Waals surface area contributed by atoms with Gasteiger partial charge in [-0.1, -0.05) is 25.1 Å². The van der Waals surface area contributed by atoms with E-state index in [4.69, 9.17) is 0 Å². The highest BCUT2D eigenvalue weighted by Gasteiger charge is 2.18. The van der Waals surface area contributed by atoms with E-state index in [9.17, 15) is 4.39 Å². The maximum Gasteiger partial charge on any atom is 0.224 e. The van der Waals surface area contributed by atoms with Crippen LogP contribution in [0.3, 0.4) is 0 Å². The van der Waals surface area contributed by atoms with Crippen molar-refractivity contribution in [2.75, 3.05) is 29.9 Å². The number of aromatic nitrogens is 2. The Morgan fingerprint density at radius 1 is 1.29 bits per heavy atom. The van der Waals surface area contributed by atoms with Crippen molar-refractivity contribution in [3.63, 3.8) is 0 Å². The Kier molecular flexibility index (Phi) is 5.28. The summed E-state index contributed by atoms with van der Waals surface area (Å²) in [5.74, 6) is 2.15. The van der Waals surface area contributed by atoms with Crippen molar-refractivity contribution < 1.29 is 4.39 Å². The summed E-state index contributed by atoms with van der Waals surface area (Å²) in [5.41, 5.74) is 1.66. The molecule has 1 saturated heterocycles. The molecule has 1 fully saturated rings. The number of piperidine rings is 1. The summed E-state index contributed by atoms with van der Waals surface area (Å²) < 4.78 is 13.7. The summed E-state index contributed by atoms with van der Waals surface area (Å²) in [6.45, 7) is 6.98. The maximum absolute atomic E-state index is 13.7. The van der Waals surface area contributed by atoms with E-state index in [1.807, 2.05) is 25.1 Å². The van der Waals surface area contributed by atoms with Crippen LogP contribution < -0.4 is 10.2 Å². The molecule has 128 valence electrons. The van der Waals surface area contributed by atoms with Crippen LogP contribution in [0.1, 0.15) is 31.0 Å². The molecule has 0 aliphatic carbocycles. The van der Waals surface area contributed by atoms with Gasteiger partial charge in [0.05, 0.1) is 0 Å². The predicted octanol–water partition coefficient (Wildman–Crippen LogP) is 3.82. The molecule has 0 spiro atoms. The van der Waals surface area contributed by atoms with E-state index < -0.39 is 0 Å². The fourth-order valence-corrected chi connectivity index (χ4v) is 3.20. The predicted molar refractivity (Wildman–Crippen MR) is 96.0 cm³/mol. The quantitative estimate of drug-likeness (QED) is 0.906. The molecule has 1 atom stereocenters. The van der Waals surface area contributed by atoms with Gasteiger partial charge in [-0.2, -0.15) is 4.98 Å². The molecule has 2 heterocycles. The molecule has 24 heavy (non-hydrogen) atoms. The average molecular weight is 328 g/mol. The summed E-state index contributed by atoms with van der Waals surface area (Å²) in [6, 6.07) is 8.92. The minimum atomic E-state index is -0.160. The molecule has 0 amide bonds. The molecule has 3 rings (SSSR count). The Hall–Kier alpha value is -2.17. The van der Waals surface area contributed by atoms with Crippen LogP contribution in [0.2, 0.25) is 0 Å². The first-order chi connectivity index (χ1) is 11.6. The van der Waals surface area contributed by atoms with Gasteiger partial charge in [-0.25, -0.2) is 9.37 Å². The van der Waals surface area contributed by atoms with Crippen LogP contribution >= 0.6 is 0 Å². The van der Waals surface area contributed by atoms with Gasteiger partial charge in [-0.3, -0.25) is 0 Å². The second kappa shape index (κ2) is 7.60. The van der Waals surface area contributed by atoms with Crippen molar-refractivity contribution in [1.82, 2.24) is 9.97 Å². The molecule has 1 aromatic heterocycles. The van der Waals surface area contributed by atoms with E-state index in [-0.39, 0.29) is 5.82 Å². The van der Waals surface area contributed by atoms with E-state index in [1.165, 1.54) is 18.9 Å². The number of nitrogens with one attached hydrogen (secondary N) is 1. The number of hydrogen-bond acceptors (Lipinski definition) is 4. The number of aryl methyl sites for hydroxylation is 1. The lowest BCUT2D eigenvalue weighted by atomic mass is 10.0. The highest BCUT2D eigenvalue weighted by atomic mass is 19.1. The molecule has 0 saturated carbocycles. The monoisotopic (exact) mass is 328 g/mol. The van der Waals surface area contributed by atoms with Gasteiger partial charge in [0.1, 0.15) is 11.6 Å². The van der Waals surface area contributed by atoms with Crippen molar-refractivity contribution >= 4 is 11.8 Å². The third kappa shape index (κ3) is 4.22. The lowest BCUT2D eigenvalue weighted by Crippen LogP contribution is -2.35. The first-order valence-electron chi connectivity index (χ1n) is 8.70. The van der Waals surface area contributed by atoms with Crippen molar-refractivity contribution in [2.24, 2.45) is 5.92 Å². The van der Waals surface area contributed by atoms with Crippen molar-refractivity contribution in [3.8, 4) is 0 Å². The Morgan fingerprint density at radius 3 is 2.92 bits per heavy atom. The zero-order valence-electron chi connectivity index (χ0n) is 14.4. The van der Waals surface area contributed by atoms with E-state index in [1.54, 1.807) is 6.07 Å². The standard InChI is InChI=1S/C19H25FN4/c1-14-6-5-11-24(13-14)18-12-15(2)22-19(23-18)21-10-9-16-7-3-4-8-17(16)20/h3-4,7-8,12,14H,5-6,9-11,13H2,1-2H3,(H,21,22,23). The van der Waals surface area contributed by atoms with Gasteiger partial charge in [-0.05, 0) is 43.7 Å². The molecular weight excluding hydrogens is 303 g/mol. The van der Waals surface area contributed by atoms with E-state index in [0.717, 1.165) is 24.6 Å². The van der Waals surface area contributed by atoms with Crippen molar-refractivity contribution in [3.05, 3.63) is 47.4 Å². The topological polar surface area (TPSA) is 41.1 Å². The van der Waals surface area contributed by atoms with Crippen molar-refractivity contribution in [2.45, 2.75) is 33.1 Å². The largest absolute Gasteiger partial charge is 0.356 e. The number of halogens is 1. The van der Waals surface area contributed by atoms with Crippen LogP contribution in [-0.4, -0.2) is 29.6 Å². The Morgan fingerprint density at radius 2 is 2.12 bits per heavy atom. The molecule has 4 nitrogen and oxygen atoms in total. The minimum Gasteiger partial charge on any atom is -0.356 e. The molecule has 1 aliphatic rings. The number of rotatable bonds is 5. The molecule has 1 unspecified atom stereocenters. The lowest BCUT2D eigenvalue weighted by molar-refractivity contribution is 0.444. The van der Waals surface area contributed by atoms with Crippen LogP contribution in [0.25, 0.3) is 0 Å². The second-order valence-corrected chi connectivity index (χ2v) is 6.65. The highest BCUT2D eigenvalue weighted by Crippen LogP contribution is 2.22. The Labute approximate surface area is 143 Å². The Balaban J connectivity index is 1.64. The van der Waals surface area contributed by atoms with Crippen LogP contribution in [0.5, 0.6) is 0 Å². The van der Waals surface area contributed by atoms with Gasteiger partial charge >= 0.3 is 0 Å². The zero-order valence-corrected chi connectivity index (χ0v) is 14.4.